The second kappa shape index (κ2) is 10.7. The van der Waals surface area contributed by atoms with E-state index in [1.807, 2.05) is 13.8 Å². The van der Waals surface area contributed by atoms with E-state index < -0.39 is 10.0 Å². The number of fused-ring (bicyclic) bond motifs is 1. The zero-order chi connectivity index (χ0) is 21.0. The Morgan fingerprint density at radius 1 is 1.27 bits per heavy atom. The fourth-order valence-corrected chi connectivity index (χ4v) is 5.83. The maximum Gasteiger partial charge on any atom is 0.257 e. The van der Waals surface area contributed by atoms with E-state index in [1.165, 1.54) is 32.7 Å². The number of benzene rings is 1. The van der Waals surface area contributed by atoms with Gasteiger partial charge in [-0.3, -0.25) is 10.1 Å². The molecule has 0 aliphatic carbocycles. The van der Waals surface area contributed by atoms with Gasteiger partial charge in [-0.2, -0.15) is 4.31 Å². The summed E-state index contributed by atoms with van der Waals surface area (Å²) in [5.74, 6) is -0.285. The van der Waals surface area contributed by atoms with E-state index in [4.69, 9.17) is 0 Å². The van der Waals surface area contributed by atoms with E-state index in [0.29, 0.717) is 23.8 Å². The van der Waals surface area contributed by atoms with Crippen LogP contribution < -0.4 is 5.32 Å². The number of hydrogen-bond acceptors (Lipinski definition) is 6. The number of unbranched alkanes of at least 4 members (excludes halogenated alkanes) is 1. The summed E-state index contributed by atoms with van der Waals surface area (Å²) in [5.41, 5.74) is 1.46. The molecule has 1 aromatic carbocycles. The van der Waals surface area contributed by atoms with Crippen LogP contribution >= 0.6 is 23.7 Å². The quantitative estimate of drug-likeness (QED) is 0.634. The van der Waals surface area contributed by atoms with Crippen molar-refractivity contribution in [3.63, 3.8) is 0 Å². The van der Waals surface area contributed by atoms with Crippen LogP contribution in [0.1, 0.15) is 47.6 Å². The van der Waals surface area contributed by atoms with E-state index in [1.54, 1.807) is 12.1 Å². The number of carbonyl (C=O) groups excluding carboxylic acids is 1. The minimum atomic E-state index is -3.55. The van der Waals surface area contributed by atoms with Crippen molar-refractivity contribution < 1.29 is 13.2 Å². The predicted molar refractivity (Wildman–Crippen MR) is 123 cm³/mol. The topological polar surface area (TPSA) is 82.6 Å². The first-order valence-electron chi connectivity index (χ1n) is 9.93. The van der Waals surface area contributed by atoms with Gasteiger partial charge in [0.1, 0.15) is 0 Å². The zero-order valence-electron chi connectivity index (χ0n) is 17.6. The van der Waals surface area contributed by atoms with Gasteiger partial charge >= 0.3 is 0 Å². The molecule has 0 fully saturated rings. The molecular weight excluding hydrogens is 444 g/mol. The number of hydrogen-bond donors (Lipinski definition) is 1. The summed E-state index contributed by atoms with van der Waals surface area (Å²) in [5, 5.41) is 3.43. The first kappa shape index (κ1) is 24.7. The molecule has 10 heteroatoms. The molecule has 1 aliphatic rings. The monoisotopic (exact) mass is 472 g/mol. The molecule has 3 rings (SSSR count). The molecule has 1 aliphatic heterocycles. The number of nitrogens with zero attached hydrogens (tertiary/aromatic N) is 3. The fourth-order valence-electron chi connectivity index (χ4n) is 3.26. The maximum absolute atomic E-state index is 12.8. The predicted octanol–water partition coefficient (Wildman–Crippen LogP) is 3.62. The highest BCUT2D eigenvalue weighted by Crippen LogP contribution is 2.28. The standard InChI is InChI=1S/C20H28N4O3S2.ClH/c1-4-6-12-24(5-2)29(26,27)16-9-7-15(8-10-16)19(25)22-20-21-17-11-13-23(3)14-18(17)28-20;/h7-10H,4-6,11-14H2,1-3H3,(H,21,22,25);1H. The van der Waals surface area contributed by atoms with E-state index in [2.05, 4.69) is 22.2 Å². The van der Waals surface area contributed by atoms with Crippen molar-refractivity contribution in [2.75, 3.05) is 32.0 Å². The van der Waals surface area contributed by atoms with Crippen LogP contribution in [0, 0.1) is 0 Å². The molecule has 0 saturated carbocycles. The smallest absolute Gasteiger partial charge is 0.257 e. The normalized spacial score (nSPS) is 14.3. The molecule has 2 heterocycles. The highest BCUT2D eigenvalue weighted by molar-refractivity contribution is 7.89. The fraction of sp³-hybridized carbons (Fsp3) is 0.500. The van der Waals surface area contributed by atoms with Gasteiger partial charge in [0.05, 0.1) is 10.6 Å². The van der Waals surface area contributed by atoms with Crippen molar-refractivity contribution in [1.82, 2.24) is 14.2 Å². The van der Waals surface area contributed by atoms with Crippen molar-refractivity contribution in [3.05, 3.63) is 40.4 Å². The lowest BCUT2D eigenvalue weighted by atomic mass is 10.2. The summed E-state index contributed by atoms with van der Waals surface area (Å²) >= 11 is 1.50. The largest absolute Gasteiger partial charge is 0.301 e. The molecule has 0 unspecified atom stereocenters. The minimum absolute atomic E-state index is 0. The molecule has 7 nitrogen and oxygen atoms in total. The van der Waals surface area contributed by atoms with Gasteiger partial charge in [-0.15, -0.1) is 23.7 Å². The SMILES string of the molecule is CCCCN(CC)S(=O)(=O)c1ccc(C(=O)Nc2nc3c(s2)CN(C)CC3)cc1.Cl. The number of halogens is 1. The van der Waals surface area contributed by atoms with Crippen LogP contribution in [0.5, 0.6) is 0 Å². The van der Waals surface area contributed by atoms with Crippen LogP contribution in [0.15, 0.2) is 29.2 Å². The van der Waals surface area contributed by atoms with Gasteiger partial charge < -0.3 is 4.90 Å². The Kier molecular flexibility index (Phi) is 8.81. The third-order valence-corrected chi connectivity index (χ3v) is 8.00. The van der Waals surface area contributed by atoms with Crippen LogP contribution in [0.2, 0.25) is 0 Å². The number of likely N-dealkylation sites (N-methyl/N-ethyl adjacent to an activating group) is 1. The highest BCUT2D eigenvalue weighted by Gasteiger charge is 2.23. The summed E-state index contributed by atoms with van der Waals surface area (Å²) < 4.78 is 27.1. The lowest BCUT2D eigenvalue weighted by Gasteiger charge is -2.20. The Morgan fingerprint density at radius 3 is 2.60 bits per heavy atom. The Bertz CT molecular complexity index is 961. The van der Waals surface area contributed by atoms with Crippen molar-refractivity contribution in [2.45, 2.75) is 44.6 Å². The first-order valence-corrected chi connectivity index (χ1v) is 12.2. The lowest BCUT2D eigenvalue weighted by Crippen LogP contribution is -2.31. The van der Waals surface area contributed by atoms with Crippen molar-refractivity contribution in [3.8, 4) is 0 Å². The lowest BCUT2D eigenvalue weighted by molar-refractivity contribution is 0.102. The second-order valence-corrected chi connectivity index (χ2v) is 10.2. The van der Waals surface area contributed by atoms with Gasteiger partial charge in [0.15, 0.2) is 5.13 Å². The molecule has 0 saturated heterocycles. The Morgan fingerprint density at radius 2 is 1.97 bits per heavy atom. The summed E-state index contributed by atoms with van der Waals surface area (Å²) in [7, 11) is -1.48. The van der Waals surface area contributed by atoms with Gasteiger partial charge in [-0.25, -0.2) is 13.4 Å². The third-order valence-electron chi connectivity index (χ3n) is 5.01. The average Bonchev–Trinajstić information content (AvgIpc) is 3.09. The number of nitrogens with one attached hydrogen (secondary N) is 1. The molecule has 1 N–H and O–H groups in total. The number of sulfonamides is 1. The van der Waals surface area contributed by atoms with Gasteiger partial charge in [0.25, 0.3) is 5.91 Å². The Balaban J connectivity index is 0.00000320. The number of carbonyl (C=O) groups is 1. The van der Waals surface area contributed by atoms with E-state index in [0.717, 1.165) is 38.0 Å². The average molecular weight is 473 g/mol. The number of rotatable bonds is 8. The van der Waals surface area contributed by atoms with Crippen LogP contribution in [0.4, 0.5) is 5.13 Å². The molecular formula is C20H29ClN4O3S2. The van der Waals surface area contributed by atoms with E-state index >= 15 is 0 Å². The number of aromatic nitrogens is 1. The van der Waals surface area contributed by atoms with E-state index in [9.17, 15) is 13.2 Å². The van der Waals surface area contributed by atoms with Gasteiger partial charge in [0, 0.05) is 43.0 Å². The molecule has 0 radical (unpaired) electrons. The molecule has 1 aromatic heterocycles. The Hall–Kier alpha value is -1.52. The third kappa shape index (κ3) is 5.59. The molecule has 0 bridgehead atoms. The van der Waals surface area contributed by atoms with Crippen LogP contribution in [0.25, 0.3) is 0 Å². The molecule has 1 amide bonds. The molecule has 166 valence electrons. The van der Waals surface area contributed by atoms with Crippen LogP contribution in [-0.4, -0.2) is 55.2 Å². The molecule has 2 aromatic rings. The number of amides is 1. The van der Waals surface area contributed by atoms with E-state index in [-0.39, 0.29) is 23.2 Å². The Labute approximate surface area is 189 Å². The van der Waals surface area contributed by atoms with Crippen LogP contribution in [-0.2, 0) is 23.0 Å². The second-order valence-electron chi connectivity index (χ2n) is 7.21. The molecule has 0 atom stereocenters. The van der Waals surface area contributed by atoms with Crippen molar-refractivity contribution in [2.24, 2.45) is 0 Å². The van der Waals surface area contributed by atoms with Gasteiger partial charge in [0.2, 0.25) is 10.0 Å². The van der Waals surface area contributed by atoms with Crippen molar-refractivity contribution >= 4 is 44.8 Å². The summed E-state index contributed by atoms with van der Waals surface area (Å²) in [6.45, 7) is 6.61. The summed E-state index contributed by atoms with van der Waals surface area (Å²) in [4.78, 5) is 20.7. The summed E-state index contributed by atoms with van der Waals surface area (Å²) in [6, 6.07) is 6.11. The summed E-state index contributed by atoms with van der Waals surface area (Å²) in [6.07, 6.45) is 2.64. The van der Waals surface area contributed by atoms with Gasteiger partial charge in [-0.05, 0) is 37.7 Å². The molecule has 0 spiro atoms. The first-order chi connectivity index (χ1) is 13.8. The molecule has 30 heavy (non-hydrogen) atoms. The number of anilines is 1. The van der Waals surface area contributed by atoms with Crippen LogP contribution in [0.3, 0.4) is 0 Å². The number of thiazole rings is 1. The highest BCUT2D eigenvalue weighted by atomic mass is 35.5. The van der Waals surface area contributed by atoms with Crippen molar-refractivity contribution in [1.29, 1.82) is 0 Å². The minimum Gasteiger partial charge on any atom is -0.301 e. The zero-order valence-corrected chi connectivity index (χ0v) is 20.0. The van der Waals surface area contributed by atoms with Gasteiger partial charge in [-0.1, -0.05) is 20.3 Å². The maximum atomic E-state index is 12.8.